The van der Waals surface area contributed by atoms with Crippen molar-refractivity contribution < 1.29 is 45.9 Å². The highest BCUT2D eigenvalue weighted by Crippen LogP contribution is 2.30. The summed E-state index contributed by atoms with van der Waals surface area (Å²) in [5, 5.41) is 20.5. The van der Waals surface area contributed by atoms with Crippen LogP contribution in [0.4, 0.5) is 24.5 Å². The second-order valence-corrected chi connectivity index (χ2v) is 10.8. The Morgan fingerprint density at radius 1 is 1.07 bits per heavy atom. The van der Waals surface area contributed by atoms with E-state index >= 15 is 0 Å². The van der Waals surface area contributed by atoms with Gasteiger partial charge in [0, 0.05) is 19.2 Å². The van der Waals surface area contributed by atoms with Gasteiger partial charge in [0.05, 0.1) is 27.5 Å². The predicted molar refractivity (Wildman–Crippen MR) is 141 cm³/mol. The SMILES string of the molecule is Cc1noc(C)c1CCN(C)c1ccc(C(=O)O)cc1NS(=O)(=O)c1ccc(C(C)C)cc1.O=C(O)C(F)(F)F. The number of carboxylic acids is 2. The van der Waals surface area contributed by atoms with E-state index in [0.717, 1.165) is 22.6 Å². The van der Waals surface area contributed by atoms with Crippen molar-refractivity contribution in [3.8, 4) is 0 Å². The summed E-state index contributed by atoms with van der Waals surface area (Å²) in [7, 11) is -2.10. The molecule has 3 N–H and O–H groups in total. The molecular weight excluding hydrogens is 555 g/mol. The second-order valence-electron chi connectivity index (χ2n) is 9.14. The third-order valence-corrected chi connectivity index (χ3v) is 7.26. The lowest BCUT2D eigenvalue weighted by molar-refractivity contribution is -0.192. The van der Waals surface area contributed by atoms with Crippen molar-refractivity contribution in [2.75, 3.05) is 23.2 Å². The molecule has 3 aromatic rings. The maximum Gasteiger partial charge on any atom is 0.490 e. The highest BCUT2D eigenvalue weighted by atomic mass is 32.2. The minimum atomic E-state index is -5.08. The van der Waals surface area contributed by atoms with Crippen LogP contribution < -0.4 is 9.62 Å². The molecule has 40 heavy (non-hydrogen) atoms. The van der Waals surface area contributed by atoms with Gasteiger partial charge in [-0.25, -0.2) is 18.0 Å². The van der Waals surface area contributed by atoms with Crippen LogP contribution in [0.3, 0.4) is 0 Å². The number of carbonyl (C=O) groups is 2. The van der Waals surface area contributed by atoms with Gasteiger partial charge in [-0.2, -0.15) is 13.2 Å². The molecule has 0 bridgehead atoms. The normalized spacial score (nSPS) is 11.5. The van der Waals surface area contributed by atoms with Gasteiger partial charge < -0.3 is 19.6 Å². The van der Waals surface area contributed by atoms with Crippen LogP contribution >= 0.6 is 0 Å². The van der Waals surface area contributed by atoms with Gasteiger partial charge in [0.1, 0.15) is 5.76 Å². The molecule has 14 heteroatoms. The average Bonchev–Trinajstić information content (AvgIpc) is 3.18. The number of aliphatic carboxylic acids is 1. The molecule has 1 heterocycles. The van der Waals surface area contributed by atoms with Crippen molar-refractivity contribution in [2.45, 2.75) is 51.1 Å². The lowest BCUT2D eigenvalue weighted by Crippen LogP contribution is -2.23. The molecular formula is C26H30F3N3O7S. The summed E-state index contributed by atoms with van der Waals surface area (Å²) in [5.74, 6) is -2.87. The summed E-state index contributed by atoms with van der Waals surface area (Å²) >= 11 is 0. The van der Waals surface area contributed by atoms with Crippen molar-refractivity contribution in [1.29, 1.82) is 0 Å². The first-order chi connectivity index (χ1) is 18.4. The number of rotatable bonds is 9. The highest BCUT2D eigenvalue weighted by Gasteiger charge is 2.38. The highest BCUT2D eigenvalue weighted by molar-refractivity contribution is 7.92. The summed E-state index contributed by atoms with van der Waals surface area (Å²) in [5.41, 5.74) is 3.59. The van der Waals surface area contributed by atoms with Crippen molar-refractivity contribution >= 4 is 33.3 Å². The number of sulfonamides is 1. The van der Waals surface area contributed by atoms with Crippen molar-refractivity contribution in [1.82, 2.24) is 5.16 Å². The standard InChI is InChI=1S/C24H29N3O5S.C2HF3O2/c1-15(2)18-6-9-20(10-7-18)33(30,31)26-22-14-19(24(28)29)8-11-23(22)27(5)13-12-21-16(3)25-32-17(21)4;3-2(4,5)1(6)7/h6-11,14-15,26H,12-13H2,1-5H3,(H,28,29);(H,6,7). The Morgan fingerprint density at radius 2 is 1.65 bits per heavy atom. The van der Waals surface area contributed by atoms with E-state index in [-0.39, 0.29) is 22.1 Å². The van der Waals surface area contributed by atoms with Gasteiger partial charge in [-0.3, -0.25) is 4.72 Å². The lowest BCUT2D eigenvalue weighted by Gasteiger charge is -2.23. The molecule has 0 spiro atoms. The molecule has 0 aliphatic heterocycles. The van der Waals surface area contributed by atoms with Crippen LogP contribution in [0.5, 0.6) is 0 Å². The summed E-state index contributed by atoms with van der Waals surface area (Å²) in [6, 6.07) is 11.1. The number of aryl methyl sites for hydroxylation is 2. The average molecular weight is 586 g/mol. The Balaban J connectivity index is 0.000000708. The number of benzene rings is 2. The van der Waals surface area contributed by atoms with E-state index in [4.69, 9.17) is 14.4 Å². The molecule has 3 rings (SSSR count). The fraction of sp³-hybridized carbons (Fsp3) is 0.346. The van der Waals surface area contributed by atoms with Gasteiger partial charge in [-0.05, 0) is 62.1 Å². The number of likely N-dealkylation sites (N-methyl/N-ethyl adjacent to an activating group) is 1. The van der Waals surface area contributed by atoms with Crippen LogP contribution in [0.25, 0.3) is 0 Å². The lowest BCUT2D eigenvalue weighted by atomic mass is 10.0. The Kier molecular flexibility index (Phi) is 10.3. The first-order valence-corrected chi connectivity index (χ1v) is 13.4. The molecule has 2 aromatic carbocycles. The zero-order valence-corrected chi connectivity index (χ0v) is 23.2. The van der Waals surface area contributed by atoms with E-state index < -0.39 is 28.1 Å². The van der Waals surface area contributed by atoms with Crippen molar-refractivity contribution in [3.63, 3.8) is 0 Å². The second kappa shape index (κ2) is 12.9. The van der Waals surface area contributed by atoms with Crippen LogP contribution in [0.2, 0.25) is 0 Å². The first-order valence-electron chi connectivity index (χ1n) is 11.9. The van der Waals surface area contributed by atoms with E-state index in [2.05, 4.69) is 9.88 Å². The summed E-state index contributed by atoms with van der Waals surface area (Å²) in [4.78, 5) is 22.4. The molecule has 0 saturated heterocycles. The number of nitrogens with zero attached hydrogens (tertiary/aromatic N) is 2. The number of halogens is 3. The van der Waals surface area contributed by atoms with Gasteiger partial charge in [-0.1, -0.05) is 31.1 Å². The first kappa shape index (κ1) is 32.1. The third-order valence-electron chi connectivity index (χ3n) is 5.88. The maximum atomic E-state index is 13.1. The van der Waals surface area contributed by atoms with Crippen molar-refractivity contribution in [2.24, 2.45) is 0 Å². The van der Waals surface area contributed by atoms with Crippen LogP contribution in [-0.2, 0) is 21.2 Å². The molecule has 0 radical (unpaired) electrons. The van der Waals surface area contributed by atoms with Crippen LogP contribution in [0.1, 0.15) is 52.7 Å². The smallest absolute Gasteiger partial charge is 0.478 e. The third kappa shape index (κ3) is 8.46. The summed E-state index contributed by atoms with van der Waals surface area (Å²) in [6.45, 7) is 8.33. The minimum absolute atomic E-state index is 0.00858. The van der Waals surface area contributed by atoms with Crippen LogP contribution in [-0.4, -0.2) is 55.5 Å². The molecule has 0 aliphatic carbocycles. The van der Waals surface area contributed by atoms with E-state index in [1.807, 2.05) is 39.6 Å². The van der Waals surface area contributed by atoms with Gasteiger partial charge in [0.15, 0.2) is 0 Å². The van der Waals surface area contributed by atoms with E-state index in [0.29, 0.717) is 18.7 Å². The fourth-order valence-electron chi connectivity index (χ4n) is 3.58. The van der Waals surface area contributed by atoms with E-state index in [1.54, 1.807) is 30.3 Å². The molecule has 218 valence electrons. The van der Waals surface area contributed by atoms with Gasteiger partial charge in [0.2, 0.25) is 0 Å². The Bertz CT molecular complexity index is 1430. The number of hydrogen-bond acceptors (Lipinski definition) is 7. The number of hydrogen-bond donors (Lipinski definition) is 3. The van der Waals surface area contributed by atoms with Gasteiger partial charge in [-0.15, -0.1) is 0 Å². The van der Waals surface area contributed by atoms with Crippen LogP contribution in [0, 0.1) is 13.8 Å². The zero-order valence-electron chi connectivity index (χ0n) is 22.4. The predicted octanol–water partition coefficient (Wildman–Crippen LogP) is 5.23. The molecule has 0 aliphatic rings. The number of alkyl halides is 3. The Labute approximate surface area is 229 Å². The molecule has 10 nitrogen and oxygen atoms in total. The topological polar surface area (TPSA) is 150 Å². The largest absolute Gasteiger partial charge is 0.490 e. The van der Waals surface area contributed by atoms with Crippen LogP contribution in [0.15, 0.2) is 51.9 Å². The molecule has 0 amide bonds. The number of carboxylic acid groups (broad SMARTS) is 2. The van der Waals surface area contributed by atoms with Crippen molar-refractivity contribution in [3.05, 3.63) is 70.6 Å². The van der Waals surface area contributed by atoms with Gasteiger partial charge >= 0.3 is 18.1 Å². The zero-order chi connectivity index (χ0) is 30.4. The number of anilines is 2. The van der Waals surface area contributed by atoms with E-state index in [9.17, 15) is 31.5 Å². The van der Waals surface area contributed by atoms with E-state index in [1.165, 1.54) is 12.1 Å². The molecule has 0 atom stereocenters. The number of nitrogens with one attached hydrogen (secondary N) is 1. The maximum absolute atomic E-state index is 13.1. The number of aromatic nitrogens is 1. The Morgan fingerprint density at radius 3 is 2.10 bits per heavy atom. The molecule has 0 fully saturated rings. The monoisotopic (exact) mass is 585 g/mol. The molecule has 0 saturated carbocycles. The van der Waals surface area contributed by atoms with Gasteiger partial charge in [0.25, 0.3) is 10.0 Å². The Hall–Kier alpha value is -4.07. The number of aromatic carboxylic acids is 1. The summed E-state index contributed by atoms with van der Waals surface area (Å²) in [6.07, 6.45) is -4.44. The minimum Gasteiger partial charge on any atom is -0.478 e. The molecule has 0 unspecified atom stereocenters. The molecule has 1 aromatic heterocycles. The quantitative estimate of drug-likeness (QED) is 0.307. The fourth-order valence-corrected chi connectivity index (χ4v) is 4.64. The summed E-state index contributed by atoms with van der Waals surface area (Å²) < 4.78 is 65.7.